The van der Waals surface area contributed by atoms with Crippen LogP contribution in [0.2, 0.25) is 0 Å². The minimum atomic E-state index is -0.122. The van der Waals surface area contributed by atoms with Gasteiger partial charge in [0.2, 0.25) is 5.91 Å². The maximum absolute atomic E-state index is 12.1. The van der Waals surface area contributed by atoms with Crippen LogP contribution < -0.4 is 15.4 Å². The Balaban J connectivity index is 1.75. The van der Waals surface area contributed by atoms with Crippen LogP contribution in [0.4, 0.5) is 0 Å². The highest BCUT2D eigenvalue weighted by molar-refractivity contribution is 5.79. The first-order valence-corrected chi connectivity index (χ1v) is 8.70. The van der Waals surface area contributed by atoms with Crippen LogP contribution in [0.25, 0.3) is 0 Å². The fraction of sp³-hybridized carbons (Fsp3) is 0.579. The van der Waals surface area contributed by atoms with Gasteiger partial charge in [-0.05, 0) is 31.9 Å². The molecule has 3 atom stereocenters. The van der Waals surface area contributed by atoms with E-state index in [2.05, 4.69) is 10.6 Å². The number of nitrogens with one attached hydrogen (secondary N) is 2. The number of carbonyl (C=O) groups excluding carboxylic acids is 2. The molecule has 2 N–H and O–H groups in total. The molecule has 0 saturated heterocycles. The first-order valence-electron chi connectivity index (χ1n) is 8.70. The van der Waals surface area contributed by atoms with E-state index in [4.69, 9.17) is 4.74 Å². The predicted molar refractivity (Wildman–Crippen MR) is 93.8 cm³/mol. The number of hydrogen-bond acceptors (Lipinski definition) is 3. The van der Waals surface area contributed by atoms with Gasteiger partial charge in [0, 0.05) is 23.9 Å². The lowest BCUT2D eigenvalue weighted by Crippen LogP contribution is -2.41. The highest BCUT2D eigenvalue weighted by Gasteiger charge is 2.43. The Labute approximate surface area is 144 Å². The van der Waals surface area contributed by atoms with E-state index in [-0.39, 0.29) is 36.4 Å². The molecule has 24 heavy (non-hydrogen) atoms. The molecule has 1 aliphatic carbocycles. The summed E-state index contributed by atoms with van der Waals surface area (Å²) in [6.45, 7) is 7.83. The number of benzene rings is 1. The summed E-state index contributed by atoms with van der Waals surface area (Å²) < 4.78 is 5.51. The Hall–Kier alpha value is -2.04. The van der Waals surface area contributed by atoms with E-state index in [0.29, 0.717) is 11.7 Å². The van der Waals surface area contributed by atoms with Crippen molar-refractivity contribution in [3.63, 3.8) is 0 Å². The van der Waals surface area contributed by atoms with Crippen LogP contribution in [0.1, 0.15) is 39.2 Å². The van der Waals surface area contributed by atoms with Crippen molar-refractivity contribution in [3.05, 3.63) is 29.8 Å². The van der Waals surface area contributed by atoms with E-state index in [9.17, 15) is 9.59 Å². The molecule has 0 aliphatic heterocycles. The molecule has 2 amide bonds. The molecule has 0 bridgehead atoms. The smallest absolute Gasteiger partial charge is 0.258 e. The van der Waals surface area contributed by atoms with Crippen LogP contribution in [0.15, 0.2) is 24.3 Å². The molecular formula is C19H28N2O3. The van der Waals surface area contributed by atoms with Crippen molar-refractivity contribution in [3.8, 4) is 5.75 Å². The maximum Gasteiger partial charge on any atom is 0.258 e. The molecule has 0 spiro atoms. The van der Waals surface area contributed by atoms with Gasteiger partial charge in [-0.1, -0.05) is 38.5 Å². The summed E-state index contributed by atoms with van der Waals surface area (Å²) in [5, 5.41) is 6.06. The van der Waals surface area contributed by atoms with Gasteiger partial charge >= 0.3 is 0 Å². The Morgan fingerprint density at radius 1 is 1.25 bits per heavy atom. The van der Waals surface area contributed by atoms with Crippen molar-refractivity contribution < 1.29 is 14.3 Å². The molecule has 1 aromatic rings. The Morgan fingerprint density at radius 3 is 2.50 bits per heavy atom. The third-order valence-electron chi connectivity index (χ3n) is 4.39. The Morgan fingerprint density at radius 2 is 1.92 bits per heavy atom. The molecule has 132 valence electrons. The third kappa shape index (κ3) is 5.25. The van der Waals surface area contributed by atoms with E-state index >= 15 is 0 Å². The van der Waals surface area contributed by atoms with Gasteiger partial charge < -0.3 is 15.4 Å². The van der Waals surface area contributed by atoms with Crippen molar-refractivity contribution in [2.75, 3.05) is 6.61 Å². The highest BCUT2D eigenvalue weighted by Crippen LogP contribution is 2.35. The highest BCUT2D eigenvalue weighted by atomic mass is 16.5. The lowest BCUT2D eigenvalue weighted by molar-refractivity contribution is -0.124. The molecule has 3 unspecified atom stereocenters. The largest absolute Gasteiger partial charge is 0.484 e. The fourth-order valence-corrected chi connectivity index (χ4v) is 2.72. The third-order valence-corrected chi connectivity index (χ3v) is 4.39. The summed E-state index contributed by atoms with van der Waals surface area (Å²) in [5.74, 6) is 0.955. The summed E-state index contributed by atoms with van der Waals surface area (Å²) >= 11 is 0. The minimum absolute atomic E-state index is 0.00923. The number of rotatable bonds is 8. The first kappa shape index (κ1) is 18.3. The van der Waals surface area contributed by atoms with Gasteiger partial charge in [-0.15, -0.1) is 0 Å². The second-order valence-corrected chi connectivity index (χ2v) is 6.85. The van der Waals surface area contributed by atoms with Crippen LogP contribution in [-0.2, 0) is 9.59 Å². The summed E-state index contributed by atoms with van der Waals surface area (Å²) in [7, 11) is 0. The molecule has 0 heterocycles. The zero-order valence-electron chi connectivity index (χ0n) is 15.0. The monoisotopic (exact) mass is 332 g/mol. The van der Waals surface area contributed by atoms with Crippen molar-refractivity contribution in [1.29, 1.82) is 0 Å². The summed E-state index contributed by atoms with van der Waals surface area (Å²) in [5.41, 5.74) is 1.15. The predicted octanol–water partition coefficient (Wildman–Crippen LogP) is 2.43. The molecule has 1 saturated carbocycles. The van der Waals surface area contributed by atoms with Gasteiger partial charge in [0.05, 0.1) is 0 Å². The quantitative estimate of drug-likeness (QED) is 0.768. The average molecular weight is 332 g/mol. The van der Waals surface area contributed by atoms with Crippen LogP contribution in [0.3, 0.4) is 0 Å². The zero-order valence-corrected chi connectivity index (χ0v) is 15.0. The second kappa shape index (κ2) is 8.18. The Kier molecular flexibility index (Phi) is 6.23. The number of carbonyl (C=O) groups is 2. The summed E-state index contributed by atoms with van der Waals surface area (Å²) in [6, 6.07) is 7.89. The van der Waals surface area contributed by atoms with Gasteiger partial charge in [0.25, 0.3) is 5.91 Å². The van der Waals surface area contributed by atoms with Crippen LogP contribution >= 0.6 is 0 Å². The molecule has 5 nitrogen and oxygen atoms in total. The maximum atomic E-state index is 12.1. The SMILES string of the molecule is CCC(NC(=O)COc1ccc(C)cc1)C1CC1NC(=O)C(C)C. The van der Waals surface area contributed by atoms with Crippen LogP contribution in [0, 0.1) is 18.8 Å². The van der Waals surface area contributed by atoms with E-state index in [0.717, 1.165) is 18.4 Å². The lowest BCUT2D eigenvalue weighted by atomic mass is 10.1. The molecule has 0 radical (unpaired) electrons. The summed E-state index contributed by atoms with van der Waals surface area (Å²) in [6.07, 6.45) is 1.77. The van der Waals surface area contributed by atoms with Crippen LogP contribution in [-0.4, -0.2) is 30.5 Å². The van der Waals surface area contributed by atoms with E-state index in [1.807, 2.05) is 52.0 Å². The lowest BCUT2D eigenvalue weighted by Gasteiger charge is -2.18. The van der Waals surface area contributed by atoms with Crippen molar-refractivity contribution >= 4 is 11.8 Å². The van der Waals surface area contributed by atoms with Gasteiger partial charge in [-0.25, -0.2) is 0 Å². The number of ether oxygens (including phenoxy) is 1. The van der Waals surface area contributed by atoms with Gasteiger partial charge in [-0.2, -0.15) is 0 Å². The molecule has 1 aliphatic rings. The van der Waals surface area contributed by atoms with E-state index in [1.165, 1.54) is 0 Å². The van der Waals surface area contributed by atoms with E-state index in [1.54, 1.807) is 0 Å². The van der Waals surface area contributed by atoms with Crippen molar-refractivity contribution in [2.24, 2.45) is 11.8 Å². The summed E-state index contributed by atoms with van der Waals surface area (Å²) in [4.78, 5) is 23.8. The Bertz CT molecular complexity index is 568. The second-order valence-electron chi connectivity index (χ2n) is 6.85. The van der Waals surface area contributed by atoms with Crippen molar-refractivity contribution in [1.82, 2.24) is 10.6 Å². The molecule has 0 aromatic heterocycles. The normalized spacial score (nSPS) is 20.4. The molecule has 5 heteroatoms. The topological polar surface area (TPSA) is 67.4 Å². The first-order chi connectivity index (χ1) is 11.4. The zero-order chi connectivity index (χ0) is 17.7. The van der Waals surface area contributed by atoms with Crippen LogP contribution in [0.5, 0.6) is 5.75 Å². The minimum Gasteiger partial charge on any atom is -0.484 e. The average Bonchev–Trinajstić information content (AvgIpc) is 3.30. The fourth-order valence-electron chi connectivity index (χ4n) is 2.72. The van der Waals surface area contributed by atoms with Crippen molar-refractivity contribution in [2.45, 2.75) is 52.6 Å². The van der Waals surface area contributed by atoms with E-state index < -0.39 is 0 Å². The van der Waals surface area contributed by atoms with Gasteiger partial charge in [0.15, 0.2) is 6.61 Å². The molecule has 1 fully saturated rings. The standard InChI is InChI=1S/C19H28N2O3/c1-5-16(15-10-17(15)21-19(23)12(2)3)20-18(22)11-24-14-8-6-13(4)7-9-14/h6-9,12,15-17H,5,10-11H2,1-4H3,(H,20,22)(H,21,23). The number of hydrogen-bond donors (Lipinski definition) is 2. The molecular weight excluding hydrogens is 304 g/mol. The molecule has 1 aromatic carbocycles. The van der Waals surface area contributed by atoms with Gasteiger partial charge in [0.1, 0.15) is 5.75 Å². The molecule has 2 rings (SSSR count). The van der Waals surface area contributed by atoms with Gasteiger partial charge in [-0.3, -0.25) is 9.59 Å². The number of aryl methyl sites for hydroxylation is 1. The number of amides is 2.